The Morgan fingerprint density at radius 3 is 2.50 bits per heavy atom. The van der Waals surface area contributed by atoms with Crippen molar-refractivity contribution in [1.82, 2.24) is 0 Å². The van der Waals surface area contributed by atoms with E-state index in [1.165, 1.54) is 0 Å². The highest BCUT2D eigenvalue weighted by atomic mass is 19.1. The minimum atomic E-state index is -1.28. The molecular weight excluding hydrogens is 107 g/mol. The number of hydrogen-bond donors (Lipinski definition) is 0. The van der Waals surface area contributed by atoms with Gasteiger partial charge < -0.3 is 4.74 Å². The SMILES string of the molecule is C=C(C)C(F)OCC. The first-order valence-corrected chi connectivity index (χ1v) is 2.59. The van der Waals surface area contributed by atoms with E-state index in [-0.39, 0.29) is 0 Å². The van der Waals surface area contributed by atoms with E-state index in [1.54, 1.807) is 13.8 Å². The molecule has 48 valence electrons. The van der Waals surface area contributed by atoms with Crippen LogP contribution in [0.2, 0.25) is 0 Å². The van der Waals surface area contributed by atoms with Gasteiger partial charge >= 0.3 is 0 Å². The number of alkyl halides is 1. The summed E-state index contributed by atoms with van der Waals surface area (Å²) in [6, 6.07) is 0. The van der Waals surface area contributed by atoms with Crippen LogP contribution in [0, 0.1) is 0 Å². The summed E-state index contributed by atoms with van der Waals surface area (Å²) in [7, 11) is 0. The zero-order valence-corrected chi connectivity index (χ0v) is 5.28. The van der Waals surface area contributed by atoms with Crippen LogP contribution in [0.25, 0.3) is 0 Å². The largest absolute Gasteiger partial charge is 0.345 e. The average Bonchev–Trinajstić information content (AvgIpc) is 1.67. The smallest absolute Gasteiger partial charge is 0.220 e. The van der Waals surface area contributed by atoms with Gasteiger partial charge in [-0.3, -0.25) is 0 Å². The molecule has 0 N–H and O–H groups in total. The predicted molar refractivity (Wildman–Crippen MR) is 31.3 cm³/mol. The maximum absolute atomic E-state index is 12.2. The number of halogens is 1. The van der Waals surface area contributed by atoms with Crippen molar-refractivity contribution in [3.8, 4) is 0 Å². The molecule has 0 radical (unpaired) electrons. The monoisotopic (exact) mass is 118 g/mol. The highest BCUT2D eigenvalue weighted by molar-refractivity contribution is 4.91. The maximum Gasteiger partial charge on any atom is 0.220 e. The number of hydrogen-bond acceptors (Lipinski definition) is 1. The topological polar surface area (TPSA) is 9.23 Å². The third kappa shape index (κ3) is 2.75. The van der Waals surface area contributed by atoms with Gasteiger partial charge in [0.1, 0.15) is 0 Å². The molecule has 8 heavy (non-hydrogen) atoms. The van der Waals surface area contributed by atoms with Crippen LogP contribution >= 0.6 is 0 Å². The summed E-state index contributed by atoms with van der Waals surface area (Å²) in [5.41, 5.74) is 0.423. The Kier molecular flexibility index (Phi) is 3.44. The summed E-state index contributed by atoms with van der Waals surface area (Å²) in [4.78, 5) is 0. The van der Waals surface area contributed by atoms with Crippen LogP contribution in [0.15, 0.2) is 12.2 Å². The zero-order valence-electron chi connectivity index (χ0n) is 5.28. The molecule has 0 aliphatic heterocycles. The third-order valence-corrected chi connectivity index (χ3v) is 0.700. The third-order valence-electron chi connectivity index (χ3n) is 0.700. The Morgan fingerprint density at radius 1 is 1.88 bits per heavy atom. The second-order valence-corrected chi connectivity index (χ2v) is 1.62. The molecule has 1 nitrogen and oxygen atoms in total. The van der Waals surface area contributed by atoms with Crippen molar-refractivity contribution in [2.75, 3.05) is 6.61 Å². The van der Waals surface area contributed by atoms with Crippen molar-refractivity contribution in [2.24, 2.45) is 0 Å². The van der Waals surface area contributed by atoms with E-state index < -0.39 is 6.36 Å². The molecule has 0 spiro atoms. The van der Waals surface area contributed by atoms with Gasteiger partial charge in [0, 0.05) is 6.61 Å². The van der Waals surface area contributed by atoms with Crippen LogP contribution in [0.3, 0.4) is 0 Å². The van der Waals surface area contributed by atoms with E-state index in [4.69, 9.17) is 0 Å². The Labute approximate surface area is 49.2 Å². The van der Waals surface area contributed by atoms with Crippen LogP contribution in [-0.2, 0) is 4.74 Å². The molecule has 0 aromatic heterocycles. The van der Waals surface area contributed by atoms with Crippen molar-refractivity contribution in [3.05, 3.63) is 12.2 Å². The fourth-order valence-corrected chi connectivity index (χ4v) is 0.289. The van der Waals surface area contributed by atoms with Gasteiger partial charge in [-0.1, -0.05) is 6.58 Å². The molecule has 0 saturated carbocycles. The van der Waals surface area contributed by atoms with E-state index in [0.29, 0.717) is 12.2 Å². The summed E-state index contributed by atoms with van der Waals surface area (Å²) in [5, 5.41) is 0. The fourth-order valence-electron chi connectivity index (χ4n) is 0.289. The van der Waals surface area contributed by atoms with Gasteiger partial charge in [-0.05, 0) is 19.4 Å². The van der Waals surface area contributed by atoms with E-state index in [1.807, 2.05) is 0 Å². The first-order valence-electron chi connectivity index (χ1n) is 2.59. The standard InChI is InChI=1S/C6H11FO/c1-4-8-6(7)5(2)3/h6H,2,4H2,1,3H3. The lowest BCUT2D eigenvalue weighted by molar-refractivity contribution is -0.00394. The average molecular weight is 118 g/mol. The Hall–Kier alpha value is -0.370. The Morgan fingerprint density at radius 2 is 2.38 bits per heavy atom. The van der Waals surface area contributed by atoms with Crippen LogP contribution in [0.1, 0.15) is 13.8 Å². The van der Waals surface area contributed by atoms with Crippen molar-refractivity contribution >= 4 is 0 Å². The summed E-state index contributed by atoms with van der Waals surface area (Å²) < 4.78 is 16.7. The Bertz CT molecular complexity index is 80.6. The summed E-state index contributed by atoms with van der Waals surface area (Å²) in [6.07, 6.45) is -1.28. The minimum Gasteiger partial charge on any atom is -0.345 e. The predicted octanol–water partition coefficient (Wildman–Crippen LogP) is 1.89. The van der Waals surface area contributed by atoms with Gasteiger partial charge in [-0.25, -0.2) is 4.39 Å². The highest BCUT2D eigenvalue weighted by Crippen LogP contribution is 2.03. The lowest BCUT2D eigenvalue weighted by Gasteiger charge is -2.04. The molecule has 0 bridgehead atoms. The summed E-state index contributed by atoms with van der Waals surface area (Å²) in [5.74, 6) is 0. The summed E-state index contributed by atoms with van der Waals surface area (Å²) in [6.45, 7) is 7.11. The van der Waals surface area contributed by atoms with Crippen LogP contribution in [0.4, 0.5) is 4.39 Å². The van der Waals surface area contributed by atoms with E-state index in [0.717, 1.165) is 0 Å². The van der Waals surface area contributed by atoms with Gasteiger partial charge in [-0.15, -0.1) is 0 Å². The quantitative estimate of drug-likeness (QED) is 0.514. The minimum absolute atomic E-state index is 0.397. The zero-order chi connectivity index (χ0) is 6.57. The molecule has 0 rings (SSSR count). The van der Waals surface area contributed by atoms with Crippen molar-refractivity contribution < 1.29 is 9.13 Å². The van der Waals surface area contributed by atoms with Crippen LogP contribution in [-0.4, -0.2) is 13.0 Å². The first-order chi connectivity index (χ1) is 3.68. The Balaban J connectivity index is 3.32. The molecule has 0 aromatic carbocycles. The molecule has 0 amide bonds. The second kappa shape index (κ2) is 3.61. The fraction of sp³-hybridized carbons (Fsp3) is 0.667. The molecule has 0 heterocycles. The molecular formula is C6H11FO. The van der Waals surface area contributed by atoms with E-state index in [2.05, 4.69) is 11.3 Å². The maximum atomic E-state index is 12.2. The molecule has 1 unspecified atom stereocenters. The molecule has 0 fully saturated rings. The molecule has 0 aliphatic rings. The van der Waals surface area contributed by atoms with Gasteiger partial charge in [0.25, 0.3) is 0 Å². The van der Waals surface area contributed by atoms with Gasteiger partial charge in [0.15, 0.2) is 0 Å². The second-order valence-electron chi connectivity index (χ2n) is 1.62. The molecule has 0 saturated heterocycles. The molecule has 0 aromatic rings. The van der Waals surface area contributed by atoms with E-state index >= 15 is 0 Å². The molecule has 1 atom stereocenters. The van der Waals surface area contributed by atoms with Crippen molar-refractivity contribution in [1.29, 1.82) is 0 Å². The first kappa shape index (κ1) is 7.63. The molecule has 0 aliphatic carbocycles. The van der Waals surface area contributed by atoms with Crippen LogP contribution < -0.4 is 0 Å². The number of rotatable bonds is 3. The lowest BCUT2D eigenvalue weighted by atomic mass is 10.4. The van der Waals surface area contributed by atoms with E-state index in [9.17, 15) is 4.39 Å². The number of ether oxygens (including phenoxy) is 1. The van der Waals surface area contributed by atoms with Gasteiger partial charge in [0.05, 0.1) is 0 Å². The highest BCUT2D eigenvalue weighted by Gasteiger charge is 2.02. The normalized spacial score (nSPS) is 13.4. The van der Waals surface area contributed by atoms with Gasteiger partial charge in [-0.2, -0.15) is 0 Å². The van der Waals surface area contributed by atoms with Crippen molar-refractivity contribution in [2.45, 2.75) is 20.2 Å². The van der Waals surface area contributed by atoms with Gasteiger partial charge in [0.2, 0.25) is 6.36 Å². The van der Waals surface area contributed by atoms with Crippen LogP contribution in [0.5, 0.6) is 0 Å². The molecule has 2 heteroatoms. The van der Waals surface area contributed by atoms with Crippen molar-refractivity contribution in [3.63, 3.8) is 0 Å². The summed E-state index contributed by atoms with van der Waals surface area (Å²) >= 11 is 0. The lowest BCUT2D eigenvalue weighted by Crippen LogP contribution is -2.05.